The van der Waals surface area contributed by atoms with Crippen LogP contribution in [0.5, 0.6) is 11.5 Å². The number of carbonyl (C=O) groups is 2. The van der Waals surface area contributed by atoms with Gasteiger partial charge in [0.25, 0.3) is 5.78 Å². The van der Waals surface area contributed by atoms with Crippen LogP contribution in [0.25, 0.3) is 16.0 Å². The van der Waals surface area contributed by atoms with Gasteiger partial charge in [-0.2, -0.15) is 0 Å². The molecule has 0 spiro atoms. The van der Waals surface area contributed by atoms with E-state index in [9.17, 15) is 14.7 Å². The highest BCUT2D eigenvalue weighted by Gasteiger charge is 2.48. The molecule has 2 heterocycles. The molecule has 0 radical (unpaired) electrons. The quantitative estimate of drug-likeness (QED) is 0.200. The Bertz CT molecular complexity index is 1540. The van der Waals surface area contributed by atoms with Gasteiger partial charge in [-0.1, -0.05) is 35.1 Å². The van der Waals surface area contributed by atoms with Crippen LogP contribution in [0.4, 0.5) is 5.13 Å². The SMILES string of the molecule is COc1ccc([C@H]2/C(=C(\O)c3ccc(Cl)cc3)C(=O)C(=O)N2c2nc3ccc(C)cc3s2)cc1OC. The first kappa shape index (κ1) is 23.8. The molecular weight excluding hydrogens is 500 g/mol. The van der Waals surface area contributed by atoms with Gasteiger partial charge < -0.3 is 14.6 Å². The third-order valence-electron chi connectivity index (χ3n) is 6.02. The van der Waals surface area contributed by atoms with E-state index in [2.05, 4.69) is 4.98 Å². The molecule has 3 aromatic carbocycles. The van der Waals surface area contributed by atoms with E-state index in [0.717, 1.165) is 10.3 Å². The number of aromatic nitrogens is 1. The molecular formula is C27H21ClN2O5S. The Morgan fingerprint density at radius 2 is 1.72 bits per heavy atom. The second-order valence-electron chi connectivity index (χ2n) is 8.26. The molecule has 1 N–H and O–H groups in total. The van der Waals surface area contributed by atoms with E-state index in [4.69, 9.17) is 21.1 Å². The number of ketones is 1. The van der Waals surface area contributed by atoms with Crippen LogP contribution >= 0.6 is 22.9 Å². The predicted octanol–water partition coefficient (Wildman–Crippen LogP) is 5.90. The Kier molecular flexibility index (Phi) is 6.15. The number of anilines is 1. The summed E-state index contributed by atoms with van der Waals surface area (Å²) in [4.78, 5) is 32.8. The molecule has 9 heteroatoms. The minimum absolute atomic E-state index is 0.0509. The first-order valence-electron chi connectivity index (χ1n) is 11.0. The molecule has 1 atom stereocenters. The van der Waals surface area contributed by atoms with Crippen molar-refractivity contribution < 1.29 is 24.2 Å². The van der Waals surface area contributed by atoms with Gasteiger partial charge in [0, 0.05) is 10.6 Å². The summed E-state index contributed by atoms with van der Waals surface area (Å²) in [6.07, 6.45) is 0. The highest BCUT2D eigenvalue weighted by atomic mass is 35.5. The second kappa shape index (κ2) is 9.29. The summed E-state index contributed by atoms with van der Waals surface area (Å²) in [6.45, 7) is 1.97. The van der Waals surface area contributed by atoms with E-state index >= 15 is 0 Å². The first-order chi connectivity index (χ1) is 17.3. The molecule has 0 saturated carbocycles. The number of amides is 1. The average Bonchev–Trinajstić information content (AvgIpc) is 3.41. The van der Waals surface area contributed by atoms with Crippen molar-refractivity contribution in [2.75, 3.05) is 19.1 Å². The molecule has 0 unspecified atom stereocenters. The predicted molar refractivity (Wildman–Crippen MR) is 140 cm³/mol. The van der Waals surface area contributed by atoms with Crippen LogP contribution in [0.1, 0.15) is 22.7 Å². The number of Topliss-reactive ketones (excluding diaryl/α,β-unsaturated/α-hetero) is 1. The van der Waals surface area contributed by atoms with Gasteiger partial charge in [0.05, 0.1) is 36.1 Å². The van der Waals surface area contributed by atoms with Gasteiger partial charge in [0.2, 0.25) is 0 Å². The minimum atomic E-state index is -0.942. The van der Waals surface area contributed by atoms with Crippen molar-refractivity contribution in [3.05, 3.63) is 87.9 Å². The Labute approximate surface area is 216 Å². The summed E-state index contributed by atoms with van der Waals surface area (Å²) < 4.78 is 11.7. The fourth-order valence-electron chi connectivity index (χ4n) is 4.25. The fraction of sp³-hybridized carbons (Fsp3) is 0.148. The zero-order valence-corrected chi connectivity index (χ0v) is 21.2. The largest absolute Gasteiger partial charge is 0.507 e. The van der Waals surface area contributed by atoms with Crippen molar-refractivity contribution >= 4 is 55.7 Å². The number of fused-ring (bicyclic) bond motifs is 1. The molecule has 5 rings (SSSR count). The van der Waals surface area contributed by atoms with Gasteiger partial charge in [-0.25, -0.2) is 4.98 Å². The van der Waals surface area contributed by atoms with Gasteiger partial charge in [-0.3, -0.25) is 14.5 Å². The lowest BCUT2D eigenvalue weighted by atomic mass is 9.95. The number of benzene rings is 3. The molecule has 7 nitrogen and oxygen atoms in total. The van der Waals surface area contributed by atoms with Crippen molar-refractivity contribution in [1.29, 1.82) is 0 Å². The Balaban J connectivity index is 1.75. The molecule has 1 aromatic heterocycles. The Hall–Kier alpha value is -3.88. The smallest absolute Gasteiger partial charge is 0.301 e. The number of aliphatic hydroxyl groups is 1. The molecule has 1 amide bonds. The van der Waals surface area contributed by atoms with Crippen LogP contribution in [-0.2, 0) is 9.59 Å². The van der Waals surface area contributed by atoms with Crippen molar-refractivity contribution in [3.63, 3.8) is 0 Å². The molecule has 1 aliphatic heterocycles. The summed E-state index contributed by atoms with van der Waals surface area (Å²) >= 11 is 7.31. The van der Waals surface area contributed by atoms with Crippen LogP contribution in [0, 0.1) is 6.92 Å². The number of thiazole rings is 1. The maximum Gasteiger partial charge on any atom is 0.301 e. The highest BCUT2D eigenvalue weighted by Crippen LogP contribution is 2.45. The number of hydrogen-bond donors (Lipinski definition) is 1. The normalized spacial score (nSPS) is 17.1. The number of rotatable bonds is 5. The van der Waals surface area contributed by atoms with Gasteiger partial charge in [-0.05, 0) is 66.6 Å². The molecule has 1 aliphatic rings. The first-order valence-corrected chi connectivity index (χ1v) is 12.2. The summed E-state index contributed by atoms with van der Waals surface area (Å²) in [6, 6.07) is 16.4. The lowest BCUT2D eigenvalue weighted by Gasteiger charge is -2.23. The maximum atomic E-state index is 13.4. The van der Waals surface area contributed by atoms with Gasteiger partial charge in [-0.15, -0.1) is 0 Å². The number of ether oxygens (including phenoxy) is 2. The van der Waals surface area contributed by atoms with Crippen molar-refractivity contribution in [1.82, 2.24) is 4.98 Å². The number of carbonyl (C=O) groups excluding carboxylic acids is 2. The molecule has 1 saturated heterocycles. The van der Waals surface area contributed by atoms with Gasteiger partial charge >= 0.3 is 5.91 Å². The molecule has 0 aliphatic carbocycles. The third kappa shape index (κ3) is 3.98. The van der Waals surface area contributed by atoms with Crippen LogP contribution in [-0.4, -0.2) is 36.0 Å². The molecule has 36 heavy (non-hydrogen) atoms. The van der Waals surface area contributed by atoms with E-state index in [0.29, 0.717) is 38.3 Å². The number of methoxy groups -OCH3 is 2. The van der Waals surface area contributed by atoms with Crippen LogP contribution in [0.2, 0.25) is 5.02 Å². The lowest BCUT2D eigenvalue weighted by Crippen LogP contribution is -2.29. The van der Waals surface area contributed by atoms with Crippen LogP contribution in [0.3, 0.4) is 0 Å². The monoisotopic (exact) mass is 520 g/mol. The van der Waals surface area contributed by atoms with E-state index in [-0.39, 0.29) is 11.3 Å². The maximum absolute atomic E-state index is 13.4. The highest BCUT2D eigenvalue weighted by molar-refractivity contribution is 7.22. The topological polar surface area (TPSA) is 89.0 Å². The summed E-state index contributed by atoms with van der Waals surface area (Å²) in [7, 11) is 3.02. The van der Waals surface area contributed by atoms with Gasteiger partial charge in [0.1, 0.15) is 5.76 Å². The summed E-state index contributed by atoms with van der Waals surface area (Å²) in [5.41, 5.74) is 2.63. The van der Waals surface area contributed by atoms with E-state index in [1.165, 1.54) is 30.5 Å². The van der Waals surface area contributed by atoms with E-state index < -0.39 is 17.7 Å². The third-order valence-corrected chi connectivity index (χ3v) is 7.29. The zero-order valence-electron chi connectivity index (χ0n) is 19.6. The van der Waals surface area contributed by atoms with Crippen LogP contribution in [0.15, 0.2) is 66.2 Å². The number of nitrogens with zero attached hydrogens (tertiary/aromatic N) is 2. The minimum Gasteiger partial charge on any atom is -0.507 e. The molecule has 182 valence electrons. The van der Waals surface area contributed by atoms with Crippen LogP contribution < -0.4 is 14.4 Å². The second-order valence-corrected chi connectivity index (χ2v) is 9.70. The number of hydrogen-bond acceptors (Lipinski definition) is 7. The lowest BCUT2D eigenvalue weighted by molar-refractivity contribution is -0.132. The summed E-state index contributed by atoms with van der Waals surface area (Å²) in [5.74, 6) is -0.971. The Morgan fingerprint density at radius 1 is 1.00 bits per heavy atom. The standard InChI is InChI=1S/C27H21ClN2O5S/c1-14-4-10-18-21(12-14)36-27(29-18)30-23(16-7-11-19(34-2)20(13-16)35-3)22(25(32)26(30)33)24(31)15-5-8-17(28)9-6-15/h4-13,23,31H,1-3H3/b24-22+/t23-/m0/s1. The van der Waals surface area contributed by atoms with Gasteiger partial charge in [0.15, 0.2) is 16.6 Å². The molecule has 1 fully saturated rings. The fourth-order valence-corrected chi connectivity index (χ4v) is 5.47. The van der Waals surface area contributed by atoms with E-state index in [1.54, 1.807) is 42.5 Å². The number of halogens is 1. The van der Waals surface area contributed by atoms with Crippen molar-refractivity contribution in [3.8, 4) is 11.5 Å². The number of aliphatic hydroxyl groups excluding tert-OH is 1. The van der Waals surface area contributed by atoms with Crippen molar-refractivity contribution in [2.24, 2.45) is 0 Å². The molecule has 0 bridgehead atoms. The average molecular weight is 521 g/mol. The van der Waals surface area contributed by atoms with E-state index in [1.807, 2.05) is 25.1 Å². The molecule has 4 aromatic rings. The zero-order chi connectivity index (χ0) is 25.6. The Morgan fingerprint density at radius 3 is 2.42 bits per heavy atom. The summed E-state index contributed by atoms with van der Waals surface area (Å²) in [5, 5.41) is 12.1. The van der Waals surface area contributed by atoms with Crippen molar-refractivity contribution in [2.45, 2.75) is 13.0 Å². The number of aryl methyl sites for hydroxylation is 1.